The first-order chi connectivity index (χ1) is 8.22. The molecule has 3 atom stereocenters. The molecule has 0 aromatic carbocycles. The number of rotatable bonds is 1. The highest BCUT2D eigenvalue weighted by molar-refractivity contribution is 9.10. The Balaban J connectivity index is 1.73. The van der Waals surface area contributed by atoms with Gasteiger partial charge in [0.1, 0.15) is 5.82 Å². The summed E-state index contributed by atoms with van der Waals surface area (Å²) in [6, 6.07) is 4.59. The van der Waals surface area contributed by atoms with Crippen LogP contribution in [0.15, 0.2) is 22.8 Å². The zero-order valence-corrected chi connectivity index (χ0v) is 11.4. The maximum atomic E-state index is 6.05. The summed E-state index contributed by atoms with van der Waals surface area (Å²) >= 11 is 3.43. The van der Waals surface area contributed by atoms with Gasteiger partial charge in [-0.25, -0.2) is 4.98 Å². The molecular formula is C13H18BrN3. The number of nitrogens with zero attached hydrogens (tertiary/aromatic N) is 2. The van der Waals surface area contributed by atoms with Crippen molar-refractivity contribution < 1.29 is 0 Å². The van der Waals surface area contributed by atoms with Gasteiger partial charge in [-0.1, -0.05) is 0 Å². The molecule has 92 valence electrons. The smallest absolute Gasteiger partial charge is 0.128 e. The lowest BCUT2D eigenvalue weighted by atomic mass is 9.79. The molecule has 0 bridgehead atoms. The largest absolute Gasteiger partial charge is 0.356 e. The van der Waals surface area contributed by atoms with Crippen LogP contribution < -0.4 is 10.6 Å². The van der Waals surface area contributed by atoms with E-state index in [0.717, 1.165) is 35.2 Å². The Hall–Kier alpha value is -0.610. The van der Waals surface area contributed by atoms with Crippen LogP contribution in [0.5, 0.6) is 0 Å². The summed E-state index contributed by atoms with van der Waals surface area (Å²) in [5, 5.41) is 0. The molecule has 2 fully saturated rings. The van der Waals surface area contributed by atoms with Crippen molar-refractivity contribution in [3.63, 3.8) is 0 Å². The molecule has 2 N–H and O–H groups in total. The minimum atomic E-state index is 0.425. The Kier molecular flexibility index (Phi) is 3.09. The van der Waals surface area contributed by atoms with Crippen molar-refractivity contribution in [2.75, 3.05) is 18.0 Å². The predicted molar refractivity (Wildman–Crippen MR) is 73.0 cm³/mol. The van der Waals surface area contributed by atoms with E-state index in [2.05, 4.69) is 37.9 Å². The molecule has 2 heterocycles. The summed E-state index contributed by atoms with van der Waals surface area (Å²) in [7, 11) is 0. The highest BCUT2D eigenvalue weighted by Crippen LogP contribution is 2.37. The normalized spacial score (nSPS) is 32.6. The van der Waals surface area contributed by atoms with E-state index >= 15 is 0 Å². The average Bonchev–Trinajstić information content (AvgIpc) is 2.72. The van der Waals surface area contributed by atoms with Gasteiger partial charge in [-0.15, -0.1) is 0 Å². The second-order valence-electron chi connectivity index (χ2n) is 5.33. The number of nitrogens with two attached hydrogens (primary N) is 1. The molecule has 1 aliphatic carbocycles. The van der Waals surface area contributed by atoms with E-state index in [-0.39, 0.29) is 0 Å². The lowest BCUT2D eigenvalue weighted by Crippen LogP contribution is -2.32. The third-order valence-corrected chi connectivity index (χ3v) is 4.60. The van der Waals surface area contributed by atoms with Gasteiger partial charge < -0.3 is 10.6 Å². The monoisotopic (exact) mass is 295 g/mol. The zero-order chi connectivity index (χ0) is 11.8. The molecule has 1 saturated heterocycles. The van der Waals surface area contributed by atoms with Gasteiger partial charge in [0.05, 0.1) is 0 Å². The van der Waals surface area contributed by atoms with Crippen molar-refractivity contribution in [2.24, 2.45) is 17.6 Å². The van der Waals surface area contributed by atoms with Crippen LogP contribution in [0.1, 0.15) is 19.3 Å². The van der Waals surface area contributed by atoms with E-state index in [1.165, 1.54) is 19.3 Å². The van der Waals surface area contributed by atoms with E-state index < -0.39 is 0 Å². The molecule has 3 rings (SSSR count). The minimum Gasteiger partial charge on any atom is -0.356 e. The molecule has 17 heavy (non-hydrogen) atoms. The molecule has 1 unspecified atom stereocenters. The molecule has 0 spiro atoms. The SMILES string of the molecule is NC1CC[C@@H]2CN(c3ccc(Br)cn3)C[C@@H]2C1. The van der Waals surface area contributed by atoms with E-state index in [9.17, 15) is 0 Å². The number of hydrogen-bond donors (Lipinski definition) is 1. The van der Waals surface area contributed by atoms with Gasteiger partial charge in [0, 0.05) is 29.8 Å². The quantitative estimate of drug-likeness (QED) is 0.865. The van der Waals surface area contributed by atoms with Crippen molar-refractivity contribution in [3.8, 4) is 0 Å². The number of pyridine rings is 1. The second kappa shape index (κ2) is 4.58. The van der Waals surface area contributed by atoms with Crippen LogP contribution in [0.3, 0.4) is 0 Å². The molecule has 2 aliphatic rings. The van der Waals surface area contributed by atoms with Gasteiger partial charge in [0.25, 0.3) is 0 Å². The van der Waals surface area contributed by atoms with Crippen LogP contribution in [-0.2, 0) is 0 Å². The maximum Gasteiger partial charge on any atom is 0.128 e. The number of hydrogen-bond acceptors (Lipinski definition) is 3. The number of fused-ring (bicyclic) bond motifs is 1. The first kappa shape index (κ1) is 11.5. The van der Waals surface area contributed by atoms with Crippen molar-refractivity contribution in [1.82, 2.24) is 4.98 Å². The van der Waals surface area contributed by atoms with Gasteiger partial charge in [-0.05, 0) is 59.2 Å². The van der Waals surface area contributed by atoms with Gasteiger partial charge in [-0.3, -0.25) is 0 Å². The molecule has 1 saturated carbocycles. The Labute approximate surface area is 111 Å². The third kappa shape index (κ3) is 2.33. The Bertz CT molecular complexity index is 392. The van der Waals surface area contributed by atoms with Crippen molar-refractivity contribution in [1.29, 1.82) is 0 Å². The van der Waals surface area contributed by atoms with Crippen LogP contribution in [-0.4, -0.2) is 24.1 Å². The first-order valence-corrected chi connectivity index (χ1v) is 7.14. The summed E-state index contributed by atoms with van der Waals surface area (Å²) in [5.41, 5.74) is 6.05. The van der Waals surface area contributed by atoms with Gasteiger partial charge >= 0.3 is 0 Å². The first-order valence-electron chi connectivity index (χ1n) is 6.34. The van der Waals surface area contributed by atoms with E-state index in [1.807, 2.05) is 6.20 Å². The molecule has 0 amide bonds. The summed E-state index contributed by atoms with van der Waals surface area (Å²) in [4.78, 5) is 6.90. The standard InChI is InChI=1S/C13H18BrN3/c14-11-2-4-13(16-6-11)17-7-9-1-3-12(15)5-10(9)8-17/h2,4,6,9-10,12H,1,3,5,7-8,15H2/t9-,10+,12?/m1/s1. The highest BCUT2D eigenvalue weighted by atomic mass is 79.9. The fourth-order valence-electron chi connectivity index (χ4n) is 3.21. The molecule has 4 heteroatoms. The maximum absolute atomic E-state index is 6.05. The van der Waals surface area contributed by atoms with Crippen LogP contribution in [0, 0.1) is 11.8 Å². The van der Waals surface area contributed by atoms with Crippen LogP contribution in [0.25, 0.3) is 0 Å². The average molecular weight is 296 g/mol. The minimum absolute atomic E-state index is 0.425. The van der Waals surface area contributed by atoms with Crippen LogP contribution >= 0.6 is 15.9 Å². The molecular weight excluding hydrogens is 278 g/mol. The van der Waals surface area contributed by atoms with Crippen LogP contribution in [0.2, 0.25) is 0 Å². The summed E-state index contributed by atoms with van der Waals surface area (Å²) < 4.78 is 1.04. The zero-order valence-electron chi connectivity index (χ0n) is 9.85. The van der Waals surface area contributed by atoms with Gasteiger partial charge in [0.15, 0.2) is 0 Å². The van der Waals surface area contributed by atoms with Gasteiger partial charge in [0.2, 0.25) is 0 Å². The Morgan fingerprint density at radius 3 is 2.82 bits per heavy atom. The lowest BCUT2D eigenvalue weighted by Gasteiger charge is -2.27. The number of halogens is 1. The highest BCUT2D eigenvalue weighted by Gasteiger charge is 2.37. The van der Waals surface area contributed by atoms with Crippen LogP contribution in [0.4, 0.5) is 5.82 Å². The predicted octanol–water partition coefficient (Wildman–Crippen LogP) is 2.41. The van der Waals surface area contributed by atoms with Gasteiger partial charge in [-0.2, -0.15) is 0 Å². The Morgan fingerprint density at radius 2 is 2.06 bits per heavy atom. The van der Waals surface area contributed by atoms with E-state index in [4.69, 9.17) is 5.73 Å². The van der Waals surface area contributed by atoms with Crippen molar-refractivity contribution >= 4 is 21.7 Å². The fourth-order valence-corrected chi connectivity index (χ4v) is 3.44. The summed E-state index contributed by atoms with van der Waals surface area (Å²) in [6.07, 6.45) is 5.56. The molecule has 3 nitrogen and oxygen atoms in total. The van der Waals surface area contributed by atoms with E-state index in [1.54, 1.807) is 0 Å². The van der Waals surface area contributed by atoms with E-state index in [0.29, 0.717) is 6.04 Å². The topological polar surface area (TPSA) is 42.1 Å². The number of aromatic nitrogens is 1. The lowest BCUT2D eigenvalue weighted by molar-refractivity contribution is 0.271. The second-order valence-corrected chi connectivity index (χ2v) is 6.25. The Morgan fingerprint density at radius 1 is 1.24 bits per heavy atom. The molecule has 0 radical (unpaired) electrons. The summed E-state index contributed by atoms with van der Waals surface area (Å²) in [5.74, 6) is 2.72. The van der Waals surface area contributed by atoms with Crippen molar-refractivity contribution in [3.05, 3.63) is 22.8 Å². The van der Waals surface area contributed by atoms with Crippen molar-refractivity contribution in [2.45, 2.75) is 25.3 Å². The fraction of sp³-hybridized carbons (Fsp3) is 0.615. The molecule has 1 aromatic rings. The molecule has 1 aromatic heterocycles. The molecule has 1 aliphatic heterocycles. The summed E-state index contributed by atoms with van der Waals surface area (Å²) in [6.45, 7) is 2.29. The third-order valence-electron chi connectivity index (χ3n) is 4.13. The number of anilines is 1.